The summed E-state index contributed by atoms with van der Waals surface area (Å²) in [6, 6.07) is 5.93. The summed E-state index contributed by atoms with van der Waals surface area (Å²) in [4.78, 5) is 30.6. The second kappa shape index (κ2) is 4.87. The lowest BCUT2D eigenvalue weighted by atomic mass is 9.92. The normalized spacial score (nSPS) is 22.8. The Hall–Kier alpha value is -2.76. The van der Waals surface area contributed by atoms with E-state index in [0.717, 1.165) is 36.2 Å². The van der Waals surface area contributed by atoms with Crippen molar-refractivity contribution in [2.45, 2.75) is 6.04 Å². The van der Waals surface area contributed by atoms with Crippen molar-refractivity contribution < 1.29 is 9.59 Å². The molecule has 118 valence electrons. The van der Waals surface area contributed by atoms with Crippen molar-refractivity contribution >= 4 is 28.4 Å². The molecule has 23 heavy (non-hydrogen) atoms. The topological polar surface area (TPSA) is 82.4 Å². The average Bonchev–Trinajstić information content (AvgIpc) is 3.12. The number of hydrogen-bond acceptors (Lipinski definition) is 3. The number of amides is 2. The highest BCUT2D eigenvalue weighted by atomic mass is 16.2. The van der Waals surface area contributed by atoms with Gasteiger partial charge >= 0.3 is 0 Å². The van der Waals surface area contributed by atoms with Crippen LogP contribution in [0.15, 0.2) is 37.1 Å². The zero-order valence-corrected chi connectivity index (χ0v) is 12.7. The summed E-state index contributed by atoms with van der Waals surface area (Å²) < 4.78 is 0. The van der Waals surface area contributed by atoms with Gasteiger partial charge in [-0.2, -0.15) is 0 Å². The van der Waals surface area contributed by atoms with Crippen LogP contribution in [0.2, 0.25) is 0 Å². The predicted octanol–water partition coefficient (Wildman–Crippen LogP) is 1.10. The van der Waals surface area contributed by atoms with E-state index in [1.807, 2.05) is 23.2 Å². The molecule has 2 aliphatic heterocycles. The van der Waals surface area contributed by atoms with Crippen molar-refractivity contribution in [3.63, 3.8) is 0 Å². The molecule has 0 unspecified atom stereocenters. The van der Waals surface area contributed by atoms with Crippen molar-refractivity contribution in [3.05, 3.63) is 42.6 Å². The first-order valence-electron chi connectivity index (χ1n) is 7.68. The molecular weight excluding hydrogens is 292 g/mol. The highest BCUT2D eigenvalue weighted by Gasteiger charge is 2.47. The molecule has 6 heteroatoms. The molecule has 0 spiro atoms. The number of hydrogen-bond donors (Lipinski definition) is 2. The molecule has 2 aliphatic rings. The van der Waals surface area contributed by atoms with Crippen LogP contribution in [-0.2, 0) is 4.79 Å². The molecule has 2 saturated heterocycles. The van der Waals surface area contributed by atoms with Crippen LogP contribution in [0.1, 0.15) is 10.4 Å². The highest BCUT2D eigenvalue weighted by molar-refractivity contribution is 6.08. The fraction of sp³-hybridized carbons (Fsp3) is 0.294. The minimum absolute atomic E-state index is 0.00367. The number of primary amides is 1. The lowest BCUT2D eigenvalue weighted by Crippen LogP contribution is -2.57. The Kier molecular flexibility index (Phi) is 2.94. The van der Waals surface area contributed by atoms with E-state index in [1.165, 1.54) is 6.08 Å². The number of aromatic amines is 1. The number of benzene rings is 1. The smallest absolute Gasteiger partial charge is 0.250 e. The Balaban J connectivity index is 1.66. The maximum atomic E-state index is 11.8. The molecule has 0 radical (unpaired) electrons. The Labute approximate surface area is 133 Å². The van der Waals surface area contributed by atoms with Crippen LogP contribution < -0.4 is 10.6 Å². The number of H-pyrrole nitrogens is 1. The molecular formula is C17H18N4O2. The first-order chi connectivity index (χ1) is 11.1. The molecule has 2 amide bonds. The second-order valence-electron chi connectivity index (χ2n) is 6.19. The monoisotopic (exact) mass is 310 g/mol. The number of nitrogens with two attached hydrogens (primary N) is 1. The van der Waals surface area contributed by atoms with Crippen LogP contribution in [-0.4, -0.2) is 47.4 Å². The molecule has 0 bridgehead atoms. The van der Waals surface area contributed by atoms with E-state index < -0.39 is 5.91 Å². The van der Waals surface area contributed by atoms with Crippen LogP contribution >= 0.6 is 0 Å². The maximum Gasteiger partial charge on any atom is 0.250 e. The van der Waals surface area contributed by atoms with Gasteiger partial charge in [0, 0.05) is 42.8 Å². The van der Waals surface area contributed by atoms with Crippen molar-refractivity contribution in [1.82, 2.24) is 9.88 Å². The van der Waals surface area contributed by atoms with Crippen LogP contribution in [0.4, 0.5) is 5.69 Å². The van der Waals surface area contributed by atoms with Gasteiger partial charge in [-0.15, -0.1) is 0 Å². The quantitative estimate of drug-likeness (QED) is 0.833. The summed E-state index contributed by atoms with van der Waals surface area (Å²) in [7, 11) is 0. The van der Waals surface area contributed by atoms with Crippen LogP contribution in [0.5, 0.6) is 0 Å². The first kappa shape index (κ1) is 13.9. The van der Waals surface area contributed by atoms with Gasteiger partial charge in [-0.05, 0) is 24.3 Å². The summed E-state index contributed by atoms with van der Waals surface area (Å²) >= 11 is 0. The average molecular weight is 310 g/mol. The van der Waals surface area contributed by atoms with E-state index >= 15 is 0 Å². The highest BCUT2D eigenvalue weighted by Crippen LogP contribution is 2.38. The van der Waals surface area contributed by atoms with Gasteiger partial charge in [0.05, 0.1) is 17.1 Å². The Morgan fingerprint density at radius 2 is 2.09 bits per heavy atom. The van der Waals surface area contributed by atoms with E-state index in [1.54, 1.807) is 6.07 Å². The predicted molar refractivity (Wildman–Crippen MR) is 88.2 cm³/mol. The van der Waals surface area contributed by atoms with Crippen LogP contribution in [0, 0.1) is 5.92 Å². The fourth-order valence-electron chi connectivity index (χ4n) is 3.83. The number of aromatic nitrogens is 1. The Morgan fingerprint density at radius 1 is 1.26 bits per heavy atom. The van der Waals surface area contributed by atoms with Gasteiger partial charge in [0.15, 0.2) is 0 Å². The summed E-state index contributed by atoms with van der Waals surface area (Å²) in [6.45, 7) is 6.08. The number of fused-ring (bicyclic) bond motifs is 2. The number of carbonyl (C=O) groups is 2. The number of anilines is 1. The summed E-state index contributed by atoms with van der Waals surface area (Å²) in [5.41, 5.74) is 7.78. The lowest BCUT2D eigenvalue weighted by Gasteiger charge is -2.42. The van der Waals surface area contributed by atoms with Crippen LogP contribution in [0.3, 0.4) is 0 Å². The molecule has 3 N–H and O–H groups in total. The van der Waals surface area contributed by atoms with Crippen molar-refractivity contribution in [2.75, 3.05) is 24.5 Å². The van der Waals surface area contributed by atoms with E-state index in [-0.39, 0.29) is 11.9 Å². The number of nitrogens with zero attached hydrogens (tertiary/aromatic N) is 2. The zero-order valence-electron chi connectivity index (χ0n) is 12.7. The molecule has 2 atom stereocenters. The van der Waals surface area contributed by atoms with Gasteiger partial charge in [-0.1, -0.05) is 6.58 Å². The van der Waals surface area contributed by atoms with E-state index in [4.69, 9.17) is 5.73 Å². The van der Waals surface area contributed by atoms with Crippen molar-refractivity contribution in [3.8, 4) is 0 Å². The molecule has 0 saturated carbocycles. The zero-order chi connectivity index (χ0) is 16.1. The molecule has 6 nitrogen and oxygen atoms in total. The van der Waals surface area contributed by atoms with Gasteiger partial charge < -0.3 is 20.5 Å². The molecule has 1 aromatic heterocycles. The van der Waals surface area contributed by atoms with Crippen LogP contribution in [0.25, 0.3) is 10.9 Å². The Bertz CT molecular complexity index is 825. The third kappa shape index (κ3) is 1.94. The third-order valence-electron chi connectivity index (χ3n) is 5.00. The van der Waals surface area contributed by atoms with E-state index in [9.17, 15) is 9.59 Å². The second-order valence-corrected chi connectivity index (χ2v) is 6.19. The largest absolute Gasteiger partial charge is 0.368 e. The third-order valence-corrected chi connectivity index (χ3v) is 5.00. The SMILES string of the molecule is C=CC(=O)N1C[C@@H]2CN(c3ccc(C(N)=O)c4[nH]ccc34)C[C@@H]21. The first-order valence-corrected chi connectivity index (χ1v) is 7.68. The molecule has 1 aromatic carbocycles. The molecule has 2 fully saturated rings. The molecule has 4 rings (SSSR count). The summed E-state index contributed by atoms with van der Waals surface area (Å²) in [5, 5.41) is 0.990. The minimum Gasteiger partial charge on any atom is -0.368 e. The number of rotatable bonds is 3. The van der Waals surface area contributed by atoms with Gasteiger partial charge in [0.25, 0.3) is 5.91 Å². The minimum atomic E-state index is -0.437. The lowest BCUT2D eigenvalue weighted by molar-refractivity contribution is -0.135. The van der Waals surface area contributed by atoms with E-state index in [2.05, 4.69) is 16.5 Å². The standard InChI is InChI=1S/C17H18N4O2/c1-2-15(22)21-8-10-7-20(9-14(10)21)13-4-3-12(17(18)23)16-11(13)5-6-19-16/h2-6,10,14,19H,1,7-9H2,(H2,18,23)/t10-,14-/m0/s1. The summed E-state index contributed by atoms with van der Waals surface area (Å²) in [6.07, 6.45) is 3.20. The van der Waals surface area contributed by atoms with E-state index in [0.29, 0.717) is 11.5 Å². The molecule has 2 aromatic rings. The van der Waals surface area contributed by atoms with Gasteiger partial charge in [0.2, 0.25) is 5.91 Å². The van der Waals surface area contributed by atoms with Crippen molar-refractivity contribution in [1.29, 1.82) is 0 Å². The number of nitrogens with one attached hydrogen (secondary N) is 1. The Morgan fingerprint density at radius 3 is 2.83 bits per heavy atom. The summed E-state index contributed by atoms with van der Waals surface area (Å²) in [5.74, 6) is 0.0703. The number of likely N-dealkylation sites (tertiary alicyclic amines) is 1. The van der Waals surface area contributed by atoms with Gasteiger partial charge in [-0.3, -0.25) is 9.59 Å². The van der Waals surface area contributed by atoms with Gasteiger partial charge in [0.1, 0.15) is 0 Å². The van der Waals surface area contributed by atoms with Crippen molar-refractivity contribution in [2.24, 2.45) is 11.7 Å². The molecule has 3 heterocycles. The fourth-order valence-corrected chi connectivity index (χ4v) is 3.83. The van der Waals surface area contributed by atoms with Gasteiger partial charge in [-0.25, -0.2) is 0 Å². The molecule has 0 aliphatic carbocycles. The number of carbonyl (C=O) groups excluding carboxylic acids is 2. The maximum absolute atomic E-state index is 11.8.